The molecule has 1 aliphatic heterocycles. The molecule has 1 aromatic carbocycles. The minimum atomic E-state index is 0.360. The Balaban J connectivity index is 1.87. The van der Waals surface area contributed by atoms with E-state index in [4.69, 9.17) is 21.1 Å². The Morgan fingerprint density at radius 1 is 1.47 bits per heavy atom. The molecule has 0 radical (unpaired) electrons. The quantitative estimate of drug-likeness (QED) is 0.832. The fourth-order valence-corrected chi connectivity index (χ4v) is 2.41. The van der Waals surface area contributed by atoms with Crippen molar-refractivity contribution < 1.29 is 9.47 Å². The maximum Gasteiger partial charge on any atom is 0.123 e. The summed E-state index contributed by atoms with van der Waals surface area (Å²) in [6, 6.07) is 5.78. The Labute approximate surface area is 120 Å². The van der Waals surface area contributed by atoms with Crippen molar-refractivity contribution in [1.82, 2.24) is 5.32 Å². The maximum absolute atomic E-state index is 6.05. The molecule has 3 nitrogen and oxygen atoms in total. The molecule has 1 aromatic rings. The van der Waals surface area contributed by atoms with Gasteiger partial charge in [0.2, 0.25) is 0 Å². The lowest BCUT2D eigenvalue weighted by Crippen LogP contribution is -2.26. The predicted molar refractivity (Wildman–Crippen MR) is 77.9 cm³/mol. The SMILES string of the molecule is CCCOc1ccc(Cl)cc1CNC[C@H]1CCCO1. The van der Waals surface area contributed by atoms with Crippen molar-refractivity contribution >= 4 is 11.6 Å². The molecule has 0 unspecified atom stereocenters. The van der Waals surface area contributed by atoms with E-state index in [0.29, 0.717) is 6.10 Å². The van der Waals surface area contributed by atoms with Crippen LogP contribution in [0, 0.1) is 0 Å². The molecule has 0 aromatic heterocycles. The molecule has 1 saturated heterocycles. The van der Waals surface area contributed by atoms with Gasteiger partial charge in [0, 0.05) is 30.3 Å². The van der Waals surface area contributed by atoms with Crippen molar-refractivity contribution in [2.45, 2.75) is 38.8 Å². The molecule has 19 heavy (non-hydrogen) atoms. The van der Waals surface area contributed by atoms with Crippen LogP contribution in [-0.4, -0.2) is 25.9 Å². The van der Waals surface area contributed by atoms with Crippen LogP contribution in [0.25, 0.3) is 0 Å². The first-order valence-electron chi connectivity index (χ1n) is 7.03. The van der Waals surface area contributed by atoms with E-state index in [1.54, 1.807) is 0 Å². The zero-order valence-corrected chi connectivity index (χ0v) is 12.2. The molecule has 1 N–H and O–H groups in total. The molecule has 2 rings (SSSR count). The number of hydrogen-bond donors (Lipinski definition) is 1. The highest BCUT2D eigenvalue weighted by molar-refractivity contribution is 6.30. The van der Waals surface area contributed by atoms with Crippen molar-refractivity contribution in [3.8, 4) is 5.75 Å². The second kappa shape index (κ2) is 7.73. The van der Waals surface area contributed by atoms with Gasteiger partial charge in [0.15, 0.2) is 0 Å². The number of ether oxygens (including phenoxy) is 2. The fourth-order valence-electron chi connectivity index (χ4n) is 2.21. The van der Waals surface area contributed by atoms with E-state index in [1.165, 1.54) is 6.42 Å². The first kappa shape index (κ1) is 14.6. The monoisotopic (exact) mass is 283 g/mol. The van der Waals surface area contributed by atoms with E-state index < -0.39 is 0 Å². The highest BCUT2D eigenvalue weighted by Crippen LogP contribution is 2.23. The number of hydrogen-bond acceptors (Lipinski definition) is 3. The number of rotatable bonds is 7. The van der Waals surface area contributed by atoms with Gasteiger partial charge in [-0.2, -0.15) is 0 Å². The Kier molecular flexibility index (Phi) is 5.95. The lowest BCUT2D eigenvalue weighted by Gasteiger charge is -2.14. The molecule has 1 heterocycles. The van der Waals surface area contributed by atoms with Crippen LogP contribution in [0.5, 0.6) is 5.75 Å². The summed E-state index contributed by atoms with van der Waals surface area (Å²) in [5, 5.41) is 4.17. The number of halogens is 1. The third-order valence-electron chi connectivity index (χ3n) is 3.20. The van der Waals surface area contributed by atoms with Gasteiger partial charge in [-0.1, -0.05) is 18.5 Å². The highest BCUT2D eigenvalue weighted by Gasteiger charge is 2.15. The largest absolute Gasteiger partial charge is 0.493 e. The van der Waals surface area contributed by atoms with Crippen molar-refractivity contribution in [2.75, 3.05) is 19.8 Å². The Hall–Kier alpha value is -0.770. The normalized spacial score (nSPS) is 18.7. The molecule has 0 saturated carbocycles. The van der Waals surface area contributed by atoms with Crippen LogP contribution in [-0.2, 0) is 11.3 Å². The lowest BCUT2D eigenvalue weighted by molar-refractivity contribution is 0.110. The average Bonchev–Trinajstić information content (AvgIpc) is 2.91. The van der Waals surface area contributed by atoms with Gasteiger partial charge in [-0.15, -0.1) is 0 Å². The minimum Gasteiger partial charge on any atom is -0.493 e. The van der Waals surface area contributed by atoms with Crippen molar-refractivity contribution in [1.29, 1.82) is 0 Å². The van der Waals surface area contributed by atoms with Gasteiger partial charge in [-0.05, 0) is 37.5 Å². The van der Waals surface area contributed by atoms with Gasteiger partial charge in [0.1, 0.15) is 5.75 Å². The highest BCUT2D eigenvalue weighted by atomic mass is 35.5. The van der Waals surface area contributed by atoms with Gasteiger partial charge >= 0.3 is 0 Å². The Morgan fingerprint density at radius 3 is 3.11 bits per heavy atom. The van der Waals surface area contributed by atoms with Crippen LogP contribution in [0.2, 0.25) is 5.02 Å². The van der Waals surface area contributed by atoms with Crippen molar-refractivity contribution in [3.63, 3.8) is 0 Å². The first-order chi connectivity index (χ1) is 9.29. The molecular weight excluding hydrogens is 262 g/mol. The summed E-state index contributed by atoms with van der Waals surface area (Å²) in [5.41, 5.74) is 1.11. The summed E-state index contributed by atoms with van der Waals surface area (Å²) in [5.74, 6) is 0.922. The maximum atomic E-state index is 6.05. The standard InChI is InChI=1S/C15H22ClNO2/c1-2-7-19-15-6-5-13(16)9-12(15)10-17-11-14-4-3-8-18-14/h5-6,9,14,17H,2-4,7-8,10-11H2,1H3/t14-/m1/s1. The van der Waals surface area contributed by atoms with Crippen LogP contribution >= 0.6 is 11.6 Å². The van der Waals surface area contributed by atoms with E-state index in [1.807, 2.05) is 18.2 Å². The molecule has 4 heteroatoms. The molecule has 0 aliphatic carbocycles. The van der Waals surface area contributed by atoms with Crippen LogP contribution < -0.4 is 10.1 Å². The molecular formula is C15H22ClNO2. The van der Waals surface area contributed by atoms with Crippen LogP contribution in [0.4, 0.5) is 0 Å². The van der Waals surface area contributed by atoms with Gasteiger partial charge in [-0.3, -0.25) is 0 Å². The Bertz CT molecular complexity index is 392. The summed E-state index contributed by atoms with van der Waals surface area (Å²) < 4.78 is 11.3. The van der Waals surface area contributed by atoms with Gasteiger partial charge in [0.25, 0.3) is 0 Å². The van der Waals surface area contributed by atoms with E-state index >= 15 is 0 Å². The van der Waals surface area contributed by atoms with Gasteiger partial charge < -0.3 is 14.8 Å². The molecule has 1 aliphatic rings. The van der Waals surface area contributed by atoms with Crippen LogP contribution in [0.15, 0.2) is 18.2 Å². The summed E-state index contributed by atoms with van der Waals surface area (Å²) in [6.45, 7) is 5.39. The van der Waals surface area contributed by atoms with E-state index in [-0.39, 0.29) is 0 Å². The smallest absolute Gasteiger partial charge is 0.123 e. The zero-order valence-electron chi connectivity index (χ0n) is 11.5. The van der Waals surface area contributed by atoms with Gasteiger partial charge in [-0.25, -0.2) is 0 Å². The first-order valence-corrected chi connectivity index (χ1v) is 7.41. The van der Waals surface area contributed by atoms with E-state index in [2.05, 4.69) is 12.2 Å². The van der Waals surface area contributed by atoms with Crippen LogP contribution in [0.1, 0.15) is 31.7 Å². The second-order valence-corrected chi connectivity index (χ2v) is 5.30. The molecule has 106 valence electrons. The molecule has 1 atom stereocenters. The third kappa shape index (κ3) is 4.68. The fraction of sp³-hybridized carbons (Fsp3) is 0.600. The topological polar surface area (TPSA) is 30.5 Å². The predicted octanol–water partition coefficient (Wildman–Crippen LogP) is 3.40. The molecule has 0 bridgehead atoms. The molecule has 0 amide bonds. The summed E-state index contributed by atoms with van der Waals surface area (Å²) >= 11 is 6.05. The number of benzene rings is 1. The lowest BCUT2D eigenvalue weighted by atomic mass is 10.2. The van der Waals surface area contributed by atoms with Crippen molar-refractivity contribution in [2.24, 2.45) is 0 Å². The zero-order chi connectivity index (χ0) is 13.5. The summed E-state index contributed by atoms with van der Waals surface area (Å²) in [6.07, 6.45) is 3.70. The summed E-state index contributed by atoms with van der Waals surface area (Å²) in [7, 11) is 0. The van der Waals surface area contributed by atoms with Crippen LogP contribution in [0.3, 0.4) is 0 Å². The second-order valence-electron chi connectivity index (χ2n) is 4.87. The molecule has 1 fully saturated rings. The Morgan fingerprint density at radius 2 is 2.37 bits per heavy atom. The van der Waals surface area contributed by atoms with Crippen molar-refractivity contribution in [3.05, 3.63) is 28.8 Å². The average molecular weight is 284 g/mol. The molecule has 0 spiro atoms. The minimum absolute atomic E-state index is 0.360. The van der Waals surface area contributed by atoms with E-state index in [0.717, 1.165) is 55.5 Å². The number of nitrogens with one attached hydrogen (secondary N) is 1. The van der Waals surface area contributed by atoms with Gasteiger partial charge in [0.05, 0.1) is 12.7 Å². The summed E-state index contributed by atoms with van der Waals surface area (Å²) in [4.78, 5) is 0. The van der Waals surface area contributed by atoms with E-state index in [9.17, 15) is 0 Å². The third-order valence-corrected chi connectivity index (χ3v) is 3.43.